The SMILES string of the molecule is CC(NC1CC1C)C(=O)OC(C)(C)C. The molecule has 0 amide bonds. The lowest BCUT2D eigenvalue weighted by Gasteiger charge is -2.22. The Balaban J connectivity index is 2.29. The highest BCUT2D eigenvalue weighted by Gasteiger charge is 2.35. The van der Waals surface area contributed by atoms with Crippen LogP contribution in [0.15, 0.2) is 0 Å². The van der Waals surface area contributed by atoms with Gasteiger partial charge in [-0.3, -0.25) is 4.79 Å². The summed E-state index contributed by atoms with van der Waals surface area (Å²) in [6.45, 7) is 9.70. The van der Waals surface area contributed by atoms with Crippen LogP contribution >= 0.6 is 0 Å². The predicted molar refractivity (Wildman–Crippen MR) is 56.0 cm³/mol. The van der Waals surface area contributed by atoms with E-state index in [0.717, 1.165) is 0 Å². The summed E-state index contributed by atoms with van der Waals surface area (Å²) in [7, 11) is 0. The van der Waals surface area contributed by atoms with E-state index in [2.05, 4.69) is 12.2 Å². The van der Waals surface area contributed by atoms with E-state index < -0.39 is 0 Å². The van der Waals surface area contributed by atoms with Crippen LogP contribution in [0.3, 0.4) is 0 Å². The topological polar surface area (TPSA) is 38.3 Å². The summed E-state index contributed by atoms with van der Waals surface area (Å²) in [6, 6.07) is 0.321. The molecule has 0 heterocycles. The number of hydrogen-bond acceptors (Lipinski definition) is 3. The molecule has 1 rings (SSSR count). The smallest absolute Gasteiger partial charge is 0.323 e. The van der Waals surface area contributed by atoms with Crippen molar-refractivity contribution < 1.29 is 9.53 Å². The summed E-state index contributed by atoms with van der Waals surface area (Å²) in [6.07, 6.45) is 1.17. The molecule has 82 valence electrons. The summed E-state index contributed by atoms with van der Waals surface area (Å²) in [5, 5.41) is 3.25. The van der Waals surface area contributed by atoms with Crippen molar-refractivity contribution in [2.45, 2.75) is 58.7 Å². The molecule has 1 aliphatic carbocycles. The summed E-state index contributed by atoms with van der Waals surface area (Å²) in [4.78, 5) is 11.5. The van der Waals surface area contributed by atoms with Crippen molar-refractivity contribution in [3.8, 4) is 0 Å². The van der Waals surface area contributed by atoms with Crippen LogP contribution in [0.5, 0.6) is 0 Å². The van der Waals surface area contributed by atoms with Gasteiger partial charge in [-0.05, 0) is 40.0 Å². The number of ether oxygens (including phenoxy) is 1. The monoisotopic (exact) mass is 199 g/mol. The summed E-state index contributed by atoms with van der Waals surface area (Å²) >= 11 is 0. The quantitative estimate of drug-likeness (QED) is 0.703. The average molecular weight is 199 g/mol. The zero-order valence-corrected chi connectivity index (χ0v) is 9.76. The Hall–Kier alpha value is -0.570. The lowest BCUT2D eigenvalue weighted by Crippen LogP contribution is -2.40. The zero-order chi connectivity index (χ0) is 10.9. The molecule has 0 bridgehead atoms. The second-order valence-corrected chi connectivity index (χ2v) is 5.24. The fourth-order valence-electron chi connectivity index (χ4n) is 1.33. The Morgan fingerprint density at radius 3 is 2.36 bits per heavy atom. The molecule has 3 nitrogen and oxygen atoms in total. The molecular formula is C11H21NO2. The minimum atomic E-state index is -0.387. The second kappa shape index (κ2) is 3.89. The van der Waals surface area contributed by atoms with Gasteiger partial charge in [-0.15, -0.1) is 0 Å². The van der Waals surface area contributed by atoms with E-state index >= 15 is 0 Å². The third-order valence-electron chi connectivity index (χ3n) is 2.33. The van der Waals surface area contributed by atoms with E-state index in [1.54, 1.807) is 0 Å². The fourth-order valence-corrected chi connectivity index (χ4v) is 1.33. The van der Waals surface area contributed by atoms with E-state index in [1.165, 1.54) is 6.42 Å². The number of esters is 1. The summed E-state index contributed by atoms with van der Waals surface area (Å²) in [5.74, 6) is 0.552. The average Bonchev–Trinajstić information content (AvgIpc) is 2.62. The first-order valence-electron chi connectivity index (χ1n) is 5.28. The molecular weight excluding hydrogens is 178 g/mol. The van der Waals surface area contributed by atoms with Crippen molar-refractivity contribution in [1.29, 1.82) is 0 Å². The number of carbonyl (C=O) groups is 1. The maximum Gasteiger partial charge on any atom is 0.323 e. The van der Waals surface area contributed by atoms with Gasteiger partial charge in [0.25, 0.3) is 0 Å². The first-order valence-corrected chi connectivity index (χ1v) is 5.28. The van der Waals surface area contributed by atoms with Crippen LogP contribution in [0.4, 0.5) is 0 Å². The Bertz CT molecular complexity index is 220. The van der Waals surface area contributed by atoms with Crippen molar-refractivity contribution in [2.75, 3.05) is 0 Å². The van der Waals surface area contributed by atoms with Gasteiger partial charge in [0, 0.05) is 6.04 Å². The van der Waals surface area contributed by atoms with Crippen LogP contribution in [0.25, 0.3) is 0 Å². The lowest BCUT2D eigenvalue weighted by molar-refractivity contribution is -0.157. The van der Waals surface area contributed by atoms with Gasteiger partial charge in [-0.1, -0.05) is 6.92 Å². The maximum absolute atomic E-state index is 11.5. The number of hydrogen-bond donors (Lipinski definition) is 1. The molecule has 0 saturated heterocycles. The molecule has 0 aliphatic heterocycles. The van der Waals surface area contributed by atoms with Crippen LogP contribution < -0.4 is 5.32 Å². The fraction of sp³-hybridized carbons (Fsp3) is 0.909. The van der Waals surface area contributed by atoms with E-state index in [-0.39, 0.29) is 17.6 Å². The van der Waals surface area contributed by atoms with Crippen molar-refractivity contribution in [3.63, 3.8) is 0 Å². The molecule has 14 heavy (non-hydrogen) atoms. The maximum atomic E-state index is 11.5. The van der Waals surface area contributed by atoms with Gasteiger partial charge in [-0.25, -0.2) is 0 Å². The Morgan fingerprint density at radius 1 is 1.50 bits per heavy atom. The molecule has 0 aromatic carbocycles. The van der Waals surface area contributed by atoms with Crippen LogP contribution in [-0.2, 0) is 9.53 Å². The number of carbonyl (C=O) groups excluding carboxylic acids is 1. The molecule has 1 saturated carbocycles. The Labute approximate surface area is 86.2 Å². The van der Waals surface area contributed by atoms with Gasteiger partial charge in [-0.2, -0.15) is 0 Å². The zero-order valence-electron chi connectivity index (χ0n) is 9.76. The molecule has 0 aromatic heterocycles. The largest absolute Gasteiger partial charge is 0.459 e. The number of nitrogens with one attached hydrogen (secondary N) is 1. The highest BCUT2D eigenvalue weighted by atomic mass is 16.6. The molecule has 1 N–H and O–H groups in total. The van der Waals surface area contributed by atoms with Crippen molar-refractivity contribution >= 4 is 5.97 Å². The van der Waals surface area contributed by atoms with Crippen LogP contribution in [0, 0.1) is 5.92 Å². The standard InChI is InChI=1S/C11H21NO2/c1-7-6-9(7)12-8(2)10(13)14-11(3,4)5/h7-9,12H,6H2,1-5H3. The third-order valence-corrected chi connectivity index (χ3v) is 2.33. The Morgan fingerprint density at radius 2 is 2.00 bits per heavy atom. The highest BCUT2D eigenvalue weighted by Crippen LogP contribution is 2.29. The lowest BCUT2D eigenvalue weighted by atomic mass is 10.2. The molecule has 0 spiro atoms. The van der Waals surface area contributed by atoms with Crippen molar-refractivity contribution in [2.24, 2.45) is 5.92 Å². The molecule has 3 atom stereocenters. The first kappa shape index (κ1) is 11.5. The van der Waals surface area contributed by atoms with Crippen molar-refractivity contribution in [3.05, 3.63) is 0 Å². The van der Waals surface area contributed by atoms with Crippen LogP contribution in [0.2, 0.25) is 0 Å². The highest BCUT2D eigenvalue weighted by molar-refractivity contribution is 5.75. The van der Waals surface area contributed by atoms with Crippen LogP contribution in [0.1, 0.15) is 41.0 Å². The predicted octanol–water partition coefficient (Wildman–Crippen LogP) is 1.71. The van der Waals surface area contributed by atoms with Gasteiger partial charge in [0.15, 0.2) is 0 Å². The normalized spacial score (nSPS) is 28.4. The van der Waals surface area contributed by atoms with Gasteiger partial charge in [0.1, 0.15) is 11.6 Å². The second-order valence-electron chi connectivity index (χ2n) is 5.24. The molecule has 1 fully saturated rings. The minimum Gasteiger partial charge on any atom is -0.459 e. The Kier molecular flexibility index (Phi) is 3.20. The molecule has 3 unspecified atom stereocenters. The van der Waals surface area contributed by atoms with Gasteiger partial charge < -0.3 is 10.1 Å². The minimum absolute atomic E-state index is 0.156. The third kappa shape index (κ3) is 3.66. The summed E-state index contributed by atoms with van der Waals surface area (Å²) < 4.78 is 5.26. The van der Waals surface area contributed by atoms with Gasteiger partial charge >= 0.3 is 5.97 Å². The first-order chi connectivity index (χ1) is 6.29. The van der Waals surface area contributed by atoms with Crippen molar-refractivity contribution in [1.82, 2.24) is 5.32 Å². The molecule has 1 aliphatic rings. The molecule has 0 aromatic rings. The van der Waals surface area contributed by atoms with E-state index in [0.29, 0.717) is 12.0 Å². The molecule has 3 heteroatoms. The summed E-state index contributed by atoms with van der Waals surface area (Å²) in [5.41, 5.74) is -0.387. The number of rotatable bonds is 3. The molecule has 0 radical (unpaired) electrons. The van der Waals surface area contributed by atoms with E-state index in [1.807, 2.05) is 27.7 Å². The van der Waals surface area contributed by atoms with E-state index in [4.69, 9.17) is 4.74 Å². The van der Waals surface area contributed by atoms with E-state index in [9.17, 15) is 4.79 Å². The van der Waals surface area contributed by atoms with Crippen LogP contribution in [-0.4, -0.2) is 23.7 Å². The van der Waals surface area contributed by atoms with Gasteiger partial charge in [0.05, 0.1) is 0 Å². The van der Waals surface area contributed by atoms with Gasteiger partial charge in [0.2, 0.25) is 0 Å².